The molecule has 0 bridgehead atoms. The molecule has 0 atom stereocenters. The van der Waals surface area contributed by atoms with E-state index in [0.29, 0.717) is 13.0 Å². The lowest BCUT2D eigenvalue weighted by atomic mass is 10.3. The van der Waals surface area contributed by atoms with E-state index in [1.165, 1.54) is 5.56 Å². The molecule has 1 aromatic heterocycles. The van der Waals surface area contributed by atoms with Gasteiger partial charge in [-0.1, -0.05) is 0 Å². The summed E-state index contributed by atoms with van der Waals surface area (Å²) in [6, 6.07) is 2.09. The van der Waals surface area contributed by atoms with E-state index in [9.17, 15) is 4.79 Å². The smallest absolute Gasteiger partial charge is 0.221 e. The molecular weight excluding hydrogens is 196 g/mol. The summed E-state index contributed by atoms with van der Waals surface area (Å²) in [5, 5.41) is 10.2. The SMILES string of the molecule is CCNC(=O)CCNCc1ccsc1. The maximum absolute atomic E-state index is 11.1. The minimum absolute atomic E-state index is 0.116. The number of amides is 1. The first-order valence-electron chi connectivity index (χ1n) is 4.81. The summed E-state index contributed by atoms with van der Waals surface area (Å²) in [7, 11) is 0. The number of nitrogens with one attached hydrogen (secondary N) is 2. The predicted molar refractivity (Wildman–Crippen MR) is 59.3 cm³/mol. The molecule has 0 saturated heterocycles. The van der Waals surface area contributed by atoms with Crippen LogP contribution in [0.4, 0.5) is 0 Å². The van der Waals surface area contributed by atoms with Gasteiger partial charge in [-0.3, -0.25) is 4.79 Å². The number of rotatable bonds is 6. The van der Waals surface area contributed by atoms with Crippen LogP contribution in [0.2, 0.25) is 0 Å². The topological polar surface area (TPSA) is 41.1 Å². The van der Waals surface area contributed by atoms with Crippen LogP contribution in [-0.2, 0) is 11.3 Å². The zero-order chi connectivity index (χ0) is 10.2. The van der Waals surface area contributed by atoms with Crippen molar-refractivity contribution in [2.45, 2.75) is 19.9 Å². The lowest BCUT2D eigenvalue weighted by molar-refractivity contribution is -0.120. The molecule has 0 aromatic carbocycles. The Balaban J connectivity index is 2.02. The van der Waals surface area contributed by atoms with Crippen molar-refractivity contribution in [3.8, 4) is 0 Å². The van der Waals surface area contributed by atoms with Crippen LogP contribution < -0.4 is 10.6 Å². The number of hydrogen-bond donors (Lipinski definition) is 2. The second kappa shape index (κ2) is 6.56. The van der Waals surface area contributed by atoms with E-state index in [4.69, 9.17) is 0 Å². The highest BCUT2D eigenvalue weighted by atomic mass is 32.1. The van der Waals surface area contributed by atoms with Gasteiger partial charge in [0, 0.05) is 26.1 Å². The lowest BCUT2D eigenvalue weighted by Crippen LogP contribution is -2.27. The van der Waals surface area contributed by atoms with Crippen molar-refractivity contribution in [2.75, 3.05) is 13.1 Å². The Morgan fingerprint density at radius 1 is 1.57 bits per heavy atom. The third-order valence-electron chi connectivity index (χ3n) is 1.81. The number of carbonyl (C=O) groups excluding carboxylic acids is 1. The van der Waals surface area contributed by atoms with Crippen molar-refractivity contribution in [3.63, 3.8) is 0 Å². The highest BCUT2D eigenvalue weighted by molar-refractivity contribution is 7.07. The highest BCUT2D eigenvalue weighted by Crippen LogP contribution is 2.04. The zero-order valence-corrected chi connectivity index (χ0v) is 9.19. The van der Waals surface area contributed by atoms with E-state index in [-0.39, 0.29) is 5.91 Å². The van der Waals surface area contributed by atoms with Crippen molar-refractivity contribution in [3.05, 3.63) is 22.4 Å². The summed E-state index contributed by atoms with van der Waals surface area (Å²) < 4.78 is 0. The highest BCUT2D eigenvalue weighted by Gasteiger charge is 1.98. The van der Waals surface area contributed by atoms with Crippen LogP contribution in [0, 0.1) is 0 Å². The lowest BCUT2D eigenvalue weighted by Gasteiger charge is -2.03. The number of thiophene rings is 1. The Morgan fingerprint density at radius 2 is 2.43 bits per heavy atom. The molecule has 1 rings (SSSR count). The maximum Gasteiger partial charge on any atom is 0.221 e. The molecular formula is C10H16N2OS. The van der Waals surface area contributed by atoms with Crippen LogP contribution >= 0.6 is 11.3 Å². The minimum atomic E-state index is 0.116. The summed E-state index contributed by atoms with van der Waals surface area (Å²) in [6.07, 6.45) is 0.554. The second-order valence-corrected chi connectivity index (χ2v) is 3.79. The fraction of sp³-hybridized carbons (Fsp3) is 0.500. The van der Waals surface area contributed by atoms with Gasteiger partial charge in [0.25, 0.3) is 0 Å². The molecule has 1 aromatic rings. The second-order valence-electron chi connectivity index (χ2n) is 3.01. The fourth-order valence-electron chi connectivity index (χ4n) is 1.11. The predicted octanol–water partition coefficient (Wildman–Crippen LogP) is 1.36. The van der Waals surface area contributed by atoms with Gasteiger partial charge < -0.3 is 10.6 Å². The Bertz CT molecular complexity index is 259. The van der Waals surface area contributed by atoms with Gasteiger partial charge in [0.1, 0.15) is 0 Å². The first-order valence-corrected chi connectivity index (χ1v) is 5.75. The van der Waals surface area contributed by atoms with E-state index < -0.39 is 0 Å². The summed E-state index contributed by atoms with van der Waals surface area (Å²) in [5.74, 6) is 0.116. The van der Waals surface area contributed by atoms with E-state index in [1.54, 1.807) is 11.3 Å². The van der Waals surface area contributed by atoms with Crippen LogP contribution in [-0.4, -0.2) is 19.0 Å². The summed E-state index contributed by atoms with van der Waals surface area (Å²) >= 11 is 1.69. The van der Waals surface area contributed by atoms with Crippen molar-refractivity contribution in [2.24, 2.45) is 0 Å². The van der Waals surface area contributed by atoms with Gasteiger partial charge in [-0.25, -0.2) is 0 Å². The molecule has 0 unspecified atom stereocenters. The van der Waals surface area contributed by atoms with Gasteiger partial charge in [0.15, 0.2) is 0 Å². The van der Waals surface area contributed by atoms with Crippen molar-refractivity contribution < 1.29 is 4.79 Å². The van der Waals surface area contributed by atoms with E-state index in [1.807, 2.05) is 6.92 Å². The van der Waals surface area contributed by atoms with E-state index >= 15 is 0 Å². The zero-order valence-electron chi connectivity index (χ0n) is 8.38. The average Bonchev–Trinajstić information content (AvgIpc) is 2.65. The first-order chi connectivity index (χ1) is 6.83. The Hall–Kier alpha value is -0.870. The molecule has 1 heterocycles. The van der Waals surface area contributed by atoms with Crippen molar-refractivity contribution in [1.82, 2.24) is 10.6 Å². The van der Waals surface area contributed by atoms with Crippen molar-refractivity contribution in [1.29, 1.82) is 0 Å². The monoisotopic (exact) mass is 212 g/mol. The minimum Gasteiger partial charge on any atom is -0.356 e. The quantitative estimate of drug-likeness (QED) is 0.699. The van der Waals surface area contributed by atoms with Gasteiger partial charge in [-0.2, -0.15) is 11.3 Å². The fourth-order valence-corrected chi connectivity index (χ4v) is 1.78. The van der Waals surface area contributed by atoms with Crippen LogP contribution in [0.1, 0.15) is 18.9 Å². The van der Waals surface area contributed by atoms with Gasteiger partial charge in [0.05, 0.1) is 0 Å². The van der Waals surface area contributed by atoms with Crippen LogP contribution in [0.3, 0.4) is 0 Å². The Labute approximate surface area is 88.5 Å². The largest absolute Gasteiger partial charge is 0.356 e. The molecule has 78 valence electrons. The van der Waals surface area contributed by atoms with Gasteiger partial charge >= 0.3 is 0 Å². The van der Waals surface area contributed by atoms with Crippen LogP contribution in [0.25, 0.3) is 0 Å². The molecule has 0 spiro atoms. The molecule has 1 amide bonds. The first kappa shape index (κ1) is 11.2. The van der Waals surface area contributed by atoms with Gasteiger partial charge in [-0.15, -0.1) is 0 Å². The molecule has 0 saturated carbocycles. The molecule has 0 radical (unpaired) electrons. The average molecular weight is 212 g/mol. The number of hydrogen-bond acceptors (Lipinski definition) is 3. The molecule has 0 aliphatic carbocycles. The maximum atomic E-state index is 11.1. The van der Waals surface area contributed by atoms with Crippen LogP contribution in [0.15, 0.2) is 16.8 Å². The summed E-state index contributed by atoms with van der Waals surface area (Å²) in [6.45, 7) is 4.23. The Morgan fingerprint density at radius 3 is 3.07 bits per heavy atom. The van der Waals surface area contributed by atoms with Gasteiger partial charge in [0.2, 0.25) is 5.91 Å². The van der Waals surface area contributed by atoms with Gasteiger partial charge in [-0.05, 0) is 29.3 Å². The van der Waals surface area contributed by atoms with E-state index in [2.05, 4.69) is 27.5 Å². The molecule has 3 nitrogen and oxygen atoms in total. The number of carbonyl (C=O) groups is 1. The summed E-state index contributed by atoms with van der Waals surface area (Å²) in [5.41, 5.74) is 1.28. The Kier molecular flexibility index (Phi) is 5.25. The standard InChI is InChI=1S/C10H16N2OS/c1-2-12-10(13)3-5-11-7-9-4-6-14-8-9/h4,6,8,11H,2-3,5,7H2,1H3,(H,12,13). The van der Waals surface area contributed by atoms with Crippen LogP contribution in [0.5, 0.6) is 0 Å². The molecule has 2 N–H and O–H groups in total. The molecule has 0 aliphatic rings. The summed E-state index contributed by atoms with van der Waals surface area (Å²) in [4.78, 5) is 11.1. The molecule has 14 heavy (non-hydrogen) atoms. The third kappa shape index (κ3) is 4.39. The molecule has 4 heteroatoms. The van der Waals surface area contributed by atoms with Crippen molar-refractivity contribution >= 4 is 17.2 Å². The third-order valence-corrected chi connectivity index (χ3v) is 2.54. The molecule has 0 fully saturated rings. The molecule has 0 aliphatic heterocycles. The van der Waals surface area contributed by atoms with E-state index in [0.717, 1.165) is 13.1 Å². The normalized spacial score (nSPS) is 10.1.